The lowest BCUT2D eigenvalue weighted by Gasteiger charge is -2.34. The molecule has 6 nitrogen and oxygen atoms in total. The summed E-state index contributed by atoms with van der Waals surface area (Å²) in [6, 6.07) is 9.93. The molecule has 1 N–H and O–H groups in total. The van der Waals surface area contributed by atoms with E-state index < -0.39 is 11.8 Å². The third kappa shape index (κ3) is 4.96. The van der Waals surface area contributed by atoms with Gasteiger partial charge in [0.1, 0.15) is 5.76 Å². The lowest BCUT2D eigenvalue weighted by Crippen LogP contribution is -2.47. The molecule has 0 atom stereocenters. The van der Waals surface area contributed by atoms with Crippen molar-refractivity contribution in [1.29, 1.82) is 0 Å². The normalized spacial score (nSPS) is 22.7. The monoisotopic (exact) mass is 373 g/mol. The van der Waals surface area contributed by atoms with Gasteiger partial charge in [0, 0.05) is 18.4 Å². The number of hydrogen-bond acceptors (Lipinski definition) is 5. The Bertz CT molecular complexity index is 747. The summed E-state index contributed by atoms with van der Waals surface area (Å²) in [6.45, 7) is 4.29. The summed E-state index contributed by atoms with van der Waals surface area (Å²) in [7, 11) is 0. The standard InChI is InChI=1S/C21H27NO5/c1-15-18(22-19(27-15)17-10-6-4-7-11-17)12-8-3-5-9-16-13-25-21(2,20(23)24)26-14-16/h4,6-7,10-11,16H,3,5,8-9,12-14H2,1-2H3,(H,23,24)/t16-,21+. The first-order valence-electron chi connectivity index (χ1n) is 9.51. The zero-order chi connectivity index (χ0) is 19.3. The molecular weight excluding hydrogens is 346 g/mol. The molecule has 27 heavy (non-hydrogen) atoms. The van der Waals surface area contributed by atoms with Gasteiger partial charge in [-0.05, 0) is 38.3 Å². The number of benzene rings is 1. The minimum Gasteiger partial charge on any atom is -0.477 e. The summed E-state index contributed by atoms with van der Waals surface area (Å²) in [5, 5.41) is 9.07. The van der Waals surface area contributed by atoms with Crippen molar-refractivity contribution in [2.45, 2.75) is 51.7 Å². The van der Waals surface area contributed by atoms with Gasteiger partial charge in [-0.2, -0.15) is 0 Å². The summed E-state index contributed by atoms with van der Waals surface area (Å²) in [6.07, 6.45) is 5.06. The maximum Gasteiger partial charge on any atom is 0.364 e. The number of carboxylic acid groups (broad SMARTS) is 1. The van der Waals surface area contributed by atoms with E-state index in [0.717, 1.165) is 49.1 Å². The molecule has 1 aromatic heterocycles. The molecule has 0 aliphatic carbocycles. The Labute approximate surface area is 159 Å². The maximum atomic E-state index is 11.1. The van der Waals surface area contributed by atoms with E-state index in [1.54, 1.807) is 0 Å². The molecule has 1 fully saturated rings. The molecule has 1 aliphatic rings. The molecule has 0 amide bonds. The van der Waals surface area contributed by atoms with Gasteiger partial charge in [-0.3, -0.25) is 0 Å². The average Bonchev–Trinajstić information content (AvgIpc) is 3.04. The SMILES string of the molecule is Cc1oc(-c2ccccc2)nc1CCCCC[C@H]1CO[C@@](C)(C(=O)O)OC1. The maximum absolute atomic E-state index is 11.1. The third-order valence-electron chi connectivity index (χ3n) is 5.02. The van der Waals surface area contributed by atoms with Crippen molar-refractivity contribution in [3.63, 3.8) is 0 Å². The van der Waals surface area contributed by atoms with Crippen LogP contribution in [-0.4, -0.2) is 35.1 Å². The average molecular weight is 373 g/mol. The van der Waals surface area contributed by atoms with Crippen LogP contribution in [0.2, 0.25) is 0 Å². The summed E-state index contributed by atoms with van der Waals surface area (Å²) in [5.74, 6) is -0.732. The van der Waals surface area contributed by atoms with E-state index in [-0.39, 0.29) is 5.92 Å². The predicted octanol–water partition coefficient (Wildman–Crippen LogP) is 4.22. The summed E-state index contributed by atoms with van der Waals surface area (Å²) < 4.78 is 16.6. The Morgan fingerprint density at radius 2 is 1.89 bits per heavy atom. The van der Waals surface area contributed by atoms with Gasteiger partial charge in [0.05, 0.1) is 18.9 Å². The Morgan fingerprint density at radius 1 is 1.19 bits per heavy atom. The van der Waals surface area contributed by atoms with Crippen molar-refractivity contribution in [2.24, 2.45) is 5.92 Å². The smallest absolute Gasteiger partial charge is 0.364 e. The van der Waals surface area contributed by atoms with Gasteiger partial charge < -0.3 is 19.0 Å². The predicted molar refractivity (Wildman–Crippen MR) is 100 cm³/mol. The summed E-state index contributed by atoms with van der Waals surface area (Å²) in [4.78, 5) is 15.7. The van der Waals surface area contributed by atoms with Crippen molar-refractivity contribution in [2.75, 3.05) is 13.2 Å². The van der Waals surface area contributed by atoms with Crippen molar-refractivity contribution >= 4 is 5.97 Å². The molecule has 0 bridgehead atoms. The van der Waals surface area contributed by atoms with Crippen LogP contribution in [0.3, 0.4) is 0 Å². The molecule has 1 aromatic carbocycles. The van der Waals surface area contributed by atoms with Gasteiger partial charge in [0.2, 0.25) is 5.89 Å². The highest BCUT2D eigenvalue weighted by atomic mass is 16.7. The van der Waals surface area contributed by atoms with E-state index in [9.17, 15) is 4.79 Å². The number of ether oxygens (including phenoxy) is 2. The number of unbranched alkanes of at least 4 members (excludes halogenated alkanes) is 2. The second-order valence-corrected chi connectivity index (χ2v) is 7.23. The fourth-order valence-corrected chi connectivity index (χ4v) is 3.20. The number of carbonyl (C=O) groups is 1. The highest BCUT2D eigenvalue weighted by Crippen LogP contribution is 2.26. The van der Waals surface area contributed by atoms with Crippen LogP contribution in [-0.2, 0) is 20.7 Å². The first kappa shape index (κ1) is 19.6. The highest BCUT2D eigenvalue weighted by molar-refractivity contribution is 5.75. The molecule has 6 heteroatoms. The van der Waals surface area contributed by atoms with Crippen LogP contribution in [0, 0.1) is 12.8 Å². The molecule has 2 heterocycles. The molecule has 0 saturated carbocycles. The van der Waals surface area contributed by atoms with Crippen LogP contribution in [0.4, 0.5) is 0 Å². The first-order chi connectivity index (χ1) is 13.0. The number of aryl methyl sites for hydroxylation is 2. The number of hydrogen-bond donors (Lipinski definition) is 1. The topological polar surface area (TPSA) is 81.8 Å². The Morgan fingerprint density at radius 3 is 2.56 bits per heavy atom. The van der Waals surface area contributed by atoms with E-state index in [1.165, 1.54) is 6.92 Å². The molecular formula is C21H27NO5. The lowest BCUT2D eigenvalue weighted by atomic mass is 10.0. The fourth-order valence-electron chi connectivity index (χ4n) is 3.20. The van der Waals surface area contributed by atoms with Gasteiger partial charge in [-0.15, -0.1) is 0 Å². The van der Waals surface area contributed by atoms with Gasteiger partial charge >= 0.3 is 5.97 Å². The van der Waals surface area contributed by atoms with E-state index >= 15 is 0 Å². The largest absolute Gasteiger partial charge is 0.477 e. The third-order valence-corrected chi connectivity index (χ3v) is 5.02. The van der Waals surface area contributed by atoms with Crippen molar-refractivity contribution in [1.82, 2.24) is 4.98 Å². The summed E-state index contributed by atoms with van der Waals surface area (Å²) >= 11 is 0. The highest BCUT2D eigenvalue weighted by Gasteiger charge is 2.40. The molecule has 0 radical (unpaired) electrons. The number of carboxylic acids is 1. The van der Waals surface area contributed by atoms with Crippen molar-refractivity contribution < 1.29 is 23.8 Å². The molecule has 0 spiro atoms. The number of rotatable bonds is 8. The van der Waals surface area contributed by atoms with Crippen LogP contribution < -0.4 is 0 Å². The Hall–Kier alpha value is -2.18. The fraction of sp³-hybridized carbons (Fsp3) is 0.524. The lowest BCUT2D eigenvalue weighted by molar-refractivity contribution is -0.271. The molecule has 2 aromatic rings. The van der Waals surface area contributed by atoms with Crippen molar-refractivity contribution in [3.05, 3.63) is 41.8 Å². The molecule has 1 saturated heterocycles. The molecule has 0 unspecified atom stereocenters. The first-order valence-corrected chi connectivity index (χ1v) is 9.51. The van der Waals surface area contributed by atoms with Gasteiger partial charge in [-0.1, -0.05) is 31.0 Å². The number of aliphatic carboxylic acids is 1. The Kier molecular flexibility index (Phi) is 6.29. The van der Waals surface area contributed by atoms with E-state index in [0.29, 0.717) is 19.1 Å². The van der Waals surface area contributed by atoms with Crippen LogP contribution >= 0.6 is 0 Å². The van der Waals surface area contributed by atoms with Crippen LogP contribution in [0.25, 0.3) is 11.5 Å². The summed E-state index contributed by atoms with van der Waals surface area (Å²) in [5.41, 5.74) is 2.02. The van der Waals surface area contributed by atoms with E-state index in [2.05, 4.69) is 4.98 Å². The van der Waals surface area contributed by atoms with Gasteiger partial charge in [0.15, 0.2) is 0 Å². The van der Waals surface area contributed by atoms with E-state index in [4.69, 9.17) is 19.0 Å². The van der Waals surface area contributed by atoms with Gasteiger partial charge in [0.25, 0.3) is 5.79 Å². The van der Waals surface area contributed by atoms with Crippen LogP contribution in [0.15, 0.2) is 34.7 Å². The molecule has 1 aliphatic heterocycles. The van der Waals surface area contributed by atoms with Crippen LogP contribution in [0.5, 0.6) is 0 Å². The minimum absolute atomic E-state index is 0.260. The molecule has 146 valence electrons. The van der Waals surface area contributed by atoms with Crippen molar-refractivity contribution in [3.8, 4) is 11.5 Å². The number of nitrogens with zero attached hydrogens (tertiary/aromatic N) is 1. The second kappa shape index (κ2) is 8.67. The van der Waals surface area contributed by atoms with Gasteiger partial charge in [-0.25, -0.2) is 9.78 Å². The number of aromatic nitrogens is 1. The van der Waals surface area contributed by atoms with E-state index in [1.807, 2.05) is 37.3 Å². The van der Waals surface area contributed by atoms with Crippen LogP contribution in [0.1, 0.15) is 44.1 Å². The minimum atomic E-state index is -1.49. The zero-order valence-electron chi connectivity index (χ0n) is 15.9. The molecule has 3 rings (SSSR count). The Balaban J connectivity index is 1.38. The zero-order valence-corrected chi connectivity index (χ0v) is 15.9. The quantitative estimate of drug-likeness (QED) is 0.698. The number of oxazole rings is 1. The second-order valence-electron chi connectivity index (χ2n) is 7.23.